The van der Waals surface area contributed by atoms with Crippen LogP contribution in [-0.2, 0) is 37.1 Å². The Kier molecular flexibility index (Phi) is 15.1. The topological polar surface area (TPSA) is 245 Å². The minimum Gasteiger partial charge on any atom is -1.00 e. The zero-order valence-corrected chi connectivity index (χ0v) is 32.3. The first-order valence-corrected chi connectivity index (χ1v) is 18.3. The summed E-state index contributed by atoms with van der Waals surface area (Å²) in [6.45, 7) is 0. The Morgan fingerprint density at radius 3 is 1.17 bits per heavy atom. The number of benzene rings is 4. The maximum atomic E-state index is 13.1. The van der Waals surface area contributed by atoms with Crippen molar-refractivity contribution in [1.82, 2.24) is 0 Å². The van der Waals surface area contributed by atoms with E-state index in [1.165, 1.54) is 48.5 Å². The zero-order chi connectivity index (χ0) is 36.9. The van der Waals surface area contributed by atoms with Crippen molar-refractivity contribution in [3.63, 3.8) is 0 Å². The summed E-state index contributed by atoms with van der Waals surface area (Å²) in [4.78, 5) is 23.5. The summed E-state index contributed by atoms with van der Waals surface area (Å²) in [6, 6.07) is 20.9. The molecule has 0 saturated carbocycles. The molecule has 20 heteroatoms. The Balaban J connectivity index is 0.000000930. The van der Waals surface area contributed by atoms with Gasteiger partial charge in [0.05, 0.1) is 30.7 Å². The van der Waals surface area contributed by atoms with Crippen molar-refractivity contribution in [2.24, 2.45) is 7.05 Å². The van der Waals surface area contributed by atoms with Crippen molar-refractivity contribution in [2.75, 3.05) is 10.6 Å². The third-order valence-electron chi connectivity index (χ3n) is 6.73. The number of nitrogens with one attached hydrogen (secondary N) is 2. The summed E-state index contributed by atoms with van der Waals surface area (Å²) in [6.07, 6.45) is 4.00. The minimum absolute atomic E-state index is 0. The van der Waals surface area contributed by atoms with Crippen LogP contribution < -0.4 is 27.6 Å². The van der Waals surface area contributed by atoms with Gasteiger partial charge >= 0.3 is 0 Å². The van der Waals surface area contributed by atoms with Crippen molar-refractivity contribution >= 4 is 82.8 Å². The van der Waals surface area contributed by atoms with E-state index in [9.17, 15) is 45.1 Å². The molecule has 0 aliphatic rings. The smallest absolute Gasteiger partial charge is 0.294 e. The molecule has 52 heavy (non-hydrogen) atoms. The van der Waals surface area contributed by atoms with Gasteiger partial charge in [-0.2, -0.15) is 16.8 Å². The van der Waals surface area contributed by atoms with Crippen molar-refractivity contribution < 1.29 is 71.1 Å². The zero-order valence-electron chi connectivity index (χ0n) is 27.1. The Hall–Kier alpha value is -4.37. The number of aromatic hydroxyl groups is 2. The number of aryl methyl sites for hydroxylation is 1. The monoisotopic (exact) mass is 800 g/mol. The fourth-order valence-electron chi connectivity index (χ4n) is 4.17. The molecule has 0 spiro atoms. The fourth-order valence-corrected chi connectivity index (χ4v) is 6.44. The maximum absolute atomic E-state index is 13.1. The van der Waals surface area contributed by atoms with Gasteiger partial charge < -0.3 is 33.3 Å². The van der Waals surface area contributed by atoms with Crippen molar-refractivity contribution in [1.29, 1.82) is 0 Å². The molecule has 6 N–H and O–H groups in total. The number of halogens is 1. The predicted octanol–water partition coefficient (Wildman–Crippen LogP) is 0.0629. The van der Waals surface area contributed by atoms with E-state index in [-0.39, 0.29) is 63.1 Å². The largest absolute Gasteiger partial charge is 1.00 e. The second kappa shape index (κ2) is 17.9. The van der Waals surface area contributed by atoms with Crippen LogP contribution in [0.1, 0.15) is 20.7 Å². The molecule has 0 atom stereocenters. The number of nitrogens with zero attached hydrogens (tertiary/aromatic N) is 1. The van der Waals surface area contributed by atoms with Crippen LogP contribution in [0.4, 0.5) is 11.4 Å². The van der Waals surface area contributed by atoms with Crippen LogP contribution in [0.5, 0.6) is 11.5 Å². The number of carbonyl (C=O) groups is 2. The summed E-state index contributed by atoms with van der Waals surface area (Å²) < 4.78 is 91.9. The number of hydrogen-bond donors (Lipinski definition) is 6. The number of pyridine rings is 1. The number of phenols is 2. The number of anilines is 2. The summed E-state index contributed by atoms with van der Waals surface area (Å²) in [7, 11) is -11.4. The number of amides is 2. The number of rotatable bonds is 8. The normalized spacial score (nSPS) is 11.1. The Morgan fingerprint density at radius 2 is 0.885 bits per heavy atom. The van der Waals surface area contributed by atoms with Crippen LogP contribution in [0.15, 0.2) is 135 Å². The van der Waals surface area contributed by atoms with E-state index in [1.807, 2.05) is 42.2 Å². The summed E-state index contributed by atoms with van der Waals surface area (Å²) in [5, 5.41) is 24.6. The molecule has 0 aliphatic carbocycles. The Labute approximate surface area is 327 Å². The third-order valence-corrected chi connectivity index (χ3v) is 10.2. The summed E-state index contributed by atoms with van der Waals surface area (Å²) >= 11 is 0. The average Bonchev–Trinajstić information content (AvgIpc) is 3.05. The van der Waals surface area contributed by atoms with E-state index >= 15 is 0 Å². The first-order valence-electron chi connectivity index (χ1n) is 14.0. The summed E-state index contributed by atoms with van der Waals surface area (Å²) in [5.41, 5.74) is -0.722. The van der Waals surface area contributed by atoms with Gasteiger partial charge in [0.1, 0.15) is 18.5 Å². The number of sulfone groups is 1. The van der Waals surface area contributed by atoms with E-state index in [1.54, 1.807) is 0 Å². The Bertz CT molecular complexity index is 2250. The molecule has 0 unspecified atom stereocenters. The van der Waals surface area contributed by atoms with Crippen molar-refractivity contribution in [2.45, 2.75) is 19.6 Å². The molecular formula is C32H28ClN3NaO12S3. The van der Waals surface area contributed by atoms with Gasteiger partial charge in [-0.15, -0.1) is 0 Å². The Morgan fingerprint density at radius 1 is 0.558 bits per heavy atom. The number of phenolic OH excluding ortho intramolecular Hbond substituents is 2. The molecule has 269 valence electrons. The molecule has 1 radical (unpaired) electrons. The molecule has 5 rings (SSSR count). The molecule has 1 heterocycles. The van der Waals surface area contributed by atoms with Crippen molar-refractivity contribution in [3.8, 4) is 11.5 Å². The van der Waals surface area contributed by atoms with E-state index < -0.39 is 74.3 Å². The van der Waals surface area contributed by atoms with Crippen LogP contribution in [-0.4, -0.2) is 85.9 Å². The van der Waals surface area contributed by atoms with Gasteiger partial charge in [0.15, 0.2) is 12.4 Å². The molecule has 0 saturated heterocycles. The average molecular weight is 801 g/mol. The third kappa shape index (κ3) is 11.3. The molecule has 15 nitrogen and oxygen atoms in total. The standard InChI is InChI=1S/C26H20N2O12S3.C6H8N.ClH.Na/c29-23-11-9-19(42(35,36)37)13-21(23)25(31)27-15-1-5-17(6-2-15)41(33,34)18-7-3-16(4-8-18)28-26(32)22-14-20(43(38,39)40)10-12-24(22)30;1-7-5-3-2-4-6-7;;/h1-14,29-30H,(H,27,31)(H,28,32)(H,35,36,37)(H,38,39,40);2-6H,1H3;1H;/q;+1;;/p-1. The predicted molar refractivity (Wildman–Crippen MR) is 183 cm³/mol. The maximum Gasteiger partial charge on any atom is 0.294 e. The second-order valence-electron chi connectivity index (χ2n) is 10.3. The number of hydrogen-bond acceptors (Lipinski definition) is 10. The van der Waals surface area contributed by atoms with Gasteiger partial charge in [-0.05, 0) is 84.9 Å². The molecule has 1 aromatic heterocycles. The quantitative estimate of drug-likeness (QED) is 0.0694. The molecular weight excluding hydrogens is 773 g/mol. The molecule has 5 aromatic rings. The van der Waals surface area contributed by atoms with Crippen LogP contribution >= 0.6 is 0 Å². The van der Waals surface area contributed by atoms with Crippen LogP contribution in [0.3, 0.4) is 0 Å². The molecule has 0 fully saturated rings. The van der Waals surface area contributed by atoms with E-state index in [0.29, 0.717) is 0 Å². The van der Waals surface area contributed by atoms with Gasteiger partial charge in [-0.25, -0.2) is 13.0 Å². The van der Waals surface area contributed by atoms with E-state index in [0.717, 1.165) is 36.4 Å². The van der Waals surface area contributed by atoms with Gasteiger partial charge in [-0.3, -0.25) is 18.7 Å². The molecule has 4 aromatic carbocycles. The van der Waals surface area contributed by atoms with Crippen molar-refractivity contribution in [3.05, 3.63) is 127 Å². The van der Waals surface area contributed by atoms with Crippen LogP contribution in [0, 0.1) is 0 Å². The second-order valence-corrected chi connectivity index (χ2v) is 15.1. The molecule has 2 amide bonds. The first kappa shape index (κ1) is 43.8. The fraction of sp³-hybridized carbons (Fsp3) is 0.0312. The molecule has 0 aliphatic heterocycles. The molecule has 0 bridgehead atoms. The number of aromatic nitrogens is 1. The van der Waals surface area contributed by atoms with Crippen LogP contribution in [0.2, 0.25) is 0 Å². The van der Waals surface area contributed by atoms with Gasteiger partial charge in [0, 0.05) is 53.1 Å². The first-order chi connectivity index (χ1) is 23.4. The van der Waals surface area contributed by atoms with E-state index in [2.05, 4.69) is 10.6 Å². The van der Waals surface area contributed by atoms with Gasteiger partial charge in [0.25, 0.3) is 32.1 Å². The van der Waals surface area contributed by atoms with Gasteiger partial charge in [-0.1, -0.05) is 6.07 Å². The van der Waals surface area contributed by atoms with Crippen LogP contribution in [0.25, 0.3) is 0 Å². The number of carbonyl (C=O) groups excluding carboxylic acids is 2. The summed E-state index contributed by atoms with van der Waals surface area (Å²) in [5.74, 6) is -3.00. The van der Waals surface area contributed by atoms with Gasteiger partial charge in [0.2, 0.25) is 9.84 Å². The van der Waals surface area contributed by atoms with E-state index in [4.69, 9.17) is 9.11 Å². The minimum atomic E-state index is -4.64. The SMILES string of the molecule is C[n+]1ccccc1.O=C(Nc1ccc(S(=O)(=O)c2ccc(NC(=O)c3cc(S(=O)(=O)O)ccc3O)cc2)cc1)c1cc(S(=O)(=O)O)ccc1O.[Cl-].[Na].